The van der Waals surface area contributed by atoms with Crippen molar-refractivity contribution in [3.05, 3.63) is 24.3 Å². The molecule has 0 saturated heterocycles. The minimum absolute atomic E-state index is 0.0373. The van der Waals surface area contributed by atoms with Gasteiger partial charge in [-0.15, -0.1) is 0 Å². The SMILES string of the molecule is CCCCCC/C=C\C/C=C\CCCCCCCCCC(=O)NC(CO)C(O)CCCCCCCCCCCCCCCCCCCCCC. The van der Waals surface area contributed by atoms with Gasteiger partial charge in [0.2, 0.25) is 5.91 Å². The lowest BCUT2D eigenvalue weighted by Gasteiger charge is -2.22. The van der Waals surface area contributed by atoms with E-state index in [0.717, 1.165) is 32.1 Å². The first-order chi connectivity index (χ1) is 24.7. The number of hydrogen-bond donors (Lipinski definition) is 3. The van der Waals surface area contributed by atoms with Gasteiger partial charge in [-0.3, -0.25) is 4.79 Å². The summed E-state index contributed by atoms with van der Waals surface area (Å²) in [4.78, 5) is 12.4. The Balaban J connectivity index is 3.51. The van der Waals surface area contributed by atoms with E-state index < -0.39 is 12.1 Å². The Bertz CT molecular complexity index is 720. The maximum Gasteiger partial charge on any atom is 0.220 e. The van der Waals surface area contributed by atoms with Crippen molar-refractivity contribution in [3.63, 3.8) is 0 Å². The fourth-order valence-corrected chi connectivity index (χ4v) is 6.98. The topological polar surface area (TPSA) is 69.6 Å². The summed E-state index contributed by atoms with van der Waals surface area (Å²) in [6.07, 6.45) is 54.0. The molecule has 4 heteroatoms. The van der Waals surface area contributed by atoms with Crippen LogP contribution in [-0.4, -0.2) is 34.9 Å². The number of aliphatic hydroxyl groups is 2. The lowest BCUT2D eigenvalue weighted by atomic mass is 10.0. The first-order valence-electron chi connectivity index (χ1n) is 22.5. The van der Waals surface area contributed by atoms with Crippen molar-refractivity contribution < 1.29 is 15.0 Å². The molecule has 3 N–H and O–H groups in total. The summed E-state index contributed by atoms with van der Waals surface area (Å²) in [6, 6.07) is -0.538. The first kappa shape index (κ1) is 48.9. The summed E-state index contributed by atoms with van der Waals surface area (Å²) >= 11 is 0. The molecule has 0 aromatic carbocycles. The number of allylic oxidation sites excluding steroid dienone is 4. The van der Waals surface area contributed by atoms with E-state index >= 15 is 0 Å². The molecule has 0 aromatic rings. The molecular formula is C46H89NO3. The highest BCUT2D eigenvalue weighted by molar-refractivity contribution is 5.76. The molecule has 0 spiro atoms. The second kappa shape index (κ2) is 42.3. The number of carbonyl (C=O) groups excluding carboxylic acids is 1. The first-order valence-corrected chi connectivity index (χ1v) is 22.5. The van der Waals surface area contributed by atoms with Gasteiger partial charge in [-0.25, -0.2) is 0 Å². The van der Waals surface area contributed by atoms with E-state index in [9.17, 15) is 15.0 Å². The van der Waals surface area contributed by atoms with Crippen molar-refractivity contribution in [2.24, 2.45) is 0 Å². The fourth-order valence-electron chi connectivity index (χ4n) is 6.98. The summed E-state index contributed by atoms with van der Waals surface area (Å²) in [5, 5.41) is 23.2. The van der Waals surface area contributed by atoms with Gasteiger partial charge in [0.05, 0.1) is 18.8 Å². The molecule has 0 rings (SSSR count). The molecule has 0 aromatic heterocycles. The molecule has 0 bridgehead atoms. The van der Waals surface area contributed by atoms with Crippen molar-refractivity contribution in [3.8, 4) is 0 Å². The third-order valence-electron chi connectivity index (χ3n) is 10.5. The lowest BCUT2D eigenvalue weighted by Crippen LogP contribution is -2.45. The quantitative estimate of drug-likeness (QED) is 0.0438. The van der Waals surface area contributed by atoms with Crippen LogP contribution in [0, 0.1) is 0 Å². The van der Waals surface area contributed by atoms with Crippen molar-refractivity contribution in [2.45, 2.75) is 257 Å². The van der Waals surface area contributed by atoms with Crippen molar-refractivity contribution in [1.29, 1.82) is 0 Å². The monoisotopic (exact) mass is 704 g/mol. The Hall–Kier alpha value is -1.13. The van der Waals surface area contributed by atoms with Gasteiger partial charge in [0.15, 0.2) is 0 Å². The fraction of sp³-hybridized carbons (Fsp3) is 0.891. The van der Waals surface area contributed by atoms with Crippen LogP contribution >= 0.6 is 0 Å². The minimum Gasteiger partial charge on any atom is -0.394 e. The predicted octanol–water partition coefficient (Wildman–Crippen LogP) is 14.0. The maximum atomic E-state index is 12.4. The molecule has 50 heavy (non-hydrogen) atoms. The summed E-state index contributed by atoms with van der Waals surface area (Å²) < 4.78 is 0. The molecule has 0 aliphatic heterocycles. The summed E-state index contributed by atoms with van der Waals surface area (Å²) in [5.41, 5.74) is 0. The Kier molecular flexibility index (Phi) is 41.3. The molecule has 1 amide bonds. The van der Waals surface area contributed by atoms with Gasteiger partial charge in [-0.2, -0.15) is 0 Å². The molecule has 0 heterocycles. The van der Waals surface area contributed by atoms with Gasteiger partial charge in [0.1, 0.15) is 0 Å². The number of aliphatic hydroxyl groups excluding tert-OH is 2. The average molecular weight is 704 g/mol. The molecule has 0 aliphatic carbocycles. The number of rotatable bonds is 41. The molecule has 0 fully saturated rings. The maximum absolute atomic E-state index is 12.4. The zero-order valence-corrected chi connectivity index (χ0v) is 33.9. The molecule has 0 saturated carbocycles. The number of nitrogens with one attached hydrogen (secondary N) is 1. The number of carbonyl (C=O) groups is 1. The zero-order chi connectivity index (χ0) is 36.4. The van der Waals surface area contributed by atoms with E-state index in [4.69, 9.17) is 0 Å². The number of unbranched alkanes of at least 4 members (excludes halogenated alkanes) is 30. The summed E-state index contributed by atoms with van der Waals surface area (Å²) in [7, 11) is 0. The smallest absolute Gasteiger partial charge is 0.220 e. The van der Waals surface area contributed by atoms with E-state index in [1.807, 2.05) is 0 Å². The van der Waals surface area contributed by atoms with Gasteiger partial charge in [-0.1, -0.05) is 218 Å². The van der Waals surface area contributed by atoms with Crippen LogP contribution in [0.4, 0.5) is 0 Å². The van der Waals surface area contributed by atoms with E-state index in [-0.39, 0.29) is 12.5 Å². The van der Waals surface area contributed by atoms with Crippen molar-refractivity contribution in [1.82, 2.24) is 5.32 Å². The van der Waals surface area contributed by atoms with Crippen LogP contribution in [0.2, 0.25) is 0 Å². The minimum atomic E-state index is -0.661. The van der Waals surface area contributed by atoms with Gasteiger partial charge < -0.3 is 15.5 Å². The van der Waals surface area contributed by atoms with E-state index in [1.54, 1.807) is 0 Å². The van der Waals surface area contributed by atoms with Crippen LogP contribution in [0.5, 0.6) is 0 Å². The van der Waals surface area contributed by atoms with E-state index in [0.29, 0.717) is 12.8 Å². The Morgan fingerprint density at radius 3 is 1.22 bits per heavy atom. The third-order valence-corrected chi connectivity index (χ3v) is 10.5. The highest BCUT2D eigenvalue weighted by Gasteiger charge is 2.20. The predicted molar refractivity (Wildman–Crippen MR) is 221 cm³/mol. The van der Waals surface area contributed by atoms with Crippen LogP contribution in [0.15, 0.2) is 24.3 Å². The third kappa shape index (κ3) is 38.1. The summed E-state index contributed by atoms with van der Waals surface area (Å²) in [5.74, 6) is -0.0373. The Morgan fingerprint density at radius 1 is 0.480 bits per heavy atom. The largest absolute Gasteiger partial charge is 0.394 e. The number of amides is 1. The second-order valence-corrected chi connectivity index (χ2v) is 15.5. The molecule has 296 valence electrons. The van der Waals surface area contributed by atoms with E-state index in [1.165, 1.54) is 186 Å². The molecular weight excluding hydrogens is 615 g/mol. The lowest BCUT2D eigenvalue weighted by molar-refractivity contribution is -0.123. The highest BCUT2D eigenvalue weighted by atomic mass is 16.3. The Labute approximate surface area is 313 Å². The Morgan fingerprint density at radius 2 is 0.820 bits per heavy atom. The molecule has 2 unspecified atom stereocenters. The van der Waals surface area contributed by atoms with Crippen molar-refractivity contribution >= 4 is 5.91 Å². The second-order valence-electron chi connectivity index (χ2n) is 15.5. The van der Waals surface area contributed by atoms with Gasteiger partial charge in [0, 0.05) is 6.42 Å². The summed E-state index contributed by atoms with van der Waals surface area (Å²) in [6.45, 7) is 4.35. The van der Waals surface area contributed by atoms with Crippen molar-refractivity contribution in [2.75, 3.05) is 6.61 Å². The average Bonchev–Trinajstić information content (AvgIpc) is 3.12. The molecule has 4 nitrogen and oxygen atoms in total. The molecule has 0 radical (unpaired) electrons. The molecule has 2 atom stereocenters. The number of hydrogen-bond acceptors (Lipinski definition) is 3. The van der Waals surface area contributed by atoms with E-state index in [2.05, 4.69) is 43.5 Å². The zero-order valence-electron chi connectivity index (χ0n) is 33.9. The van der Waals surface area contributed by atoms with Crippen LogP contribution in [0.1, 0.15) is 245 Å². The van der Waals surface area contributed by atoms with Gasteiger partial charge in [0.25, 0.3) is 0 Å². The highest BCUT2D eigenvalue weighted by Crippen LogP contribution is 2.16. The standard InChI is InChI=1S/C46H89NO3/c1-3-5-7-9-11-13-15-17-19-21-23-24-25-27-29-31-33-35-37-39-41-45(49)44(43-48)47-46(50)42-40-38-36-34-32-30-28-26-22-20-18-16-14-12-10-8-6-4-2/h14,16,20,22,44-45,48-49H,3-13,15,17-19,21,23-43H2,1-2H3,(H,47,50)/b16-14-,22-20-. The van der Waals surface area contributed by atoms with Crippen LogP contribution in [-0.2, 0) is 4.79 Å². The van der Waals surface area contributed by atoms with Gasteiger partial charge >= 0.3 is 0 Å². The van der Waals surface area contributed by atoms with Gasteiger partial charge in [-0.05, 0) is 44.9 Å². The van der Waals surface area contributed by atoms with Crippen LogP contribution in [0.3, 0.4) is 0 Å². The normalized spacial score (nSPS) is 13.1. The van der Waals surface area contributed by atoms with Crippen LogP contribution in [0.25, 0.3) is 0 Å². The van der Waals surface area contributed by atoms with Crippen LogP contribution < -0.4 is 5.32 Å². The molecule has 0 aliphatic rings.